The number of alkyl halides is 3. The molecule has 0 radical (unpaired) electrons. The maximum absolute atomic E-state index is 13.2. The van der Waals surface area contributed by atoms with Gasteiger partial charge in [0.1, 0.15) is 17.3 Å². The number of nitrogens with one attached hydrogen (secondary N) is 1. The Balaban J connectivity index is 1.80. The predicted octanol–water partition coefficient (Wildman–Crippen LogP) is 5.23. The summed E-state index contributed by atoms with van der Waals surface area (Å²) in [6.07, 6.45) is -1.80. The van der Waals surface area contributed by atoms with Crippen molar-refractivity contribution < 1.29 is 21.6 Å². The molecule has 1 aromatic carbocycles. The maximum Gasteiger partial charge on any atom is 0.407 e. The number of nitrogens with zero attached hydrogens (tertiary/aromatic N) is 3. The first-order valence-electron chi connectivity index (χ1n) is 10.5. The van der Waals surface area contributed by atoms with Crippen LogP contribution < -0.4 is 4.72 Å². The minimum atomic E-state index is -4.75. The Morgan fingerprint density at radius 1 is 1.12 bits per heavy atom. The highest BCUT2D eigenvalue weighted by Gasteiger charge is 2.49. The molecule has 1 aliphatic carbocycles. The molecule has 1 saturated carbocycles. The molecule has 0 atom stereocenters. The highest BCUT2D eigenvalue weighted by Crippen LogP contribution is 2.42. The van der Waals surface area contributed by atoms with Gasteiger partial charge in [0.05, 0.1) is 16.2 Å². The molecule has 2 aromatic heterocycles. The predicted molar refractivity (Wildman–Crippen MR) is 118 cm³/mol. The molecule has 1 aliphatic rings. The van der Waals surface area contributed by atoms with E-state index in [-0.39, 0.29) is 10.9 Å². The van der Waals surface area contributed by atoms with Crippen molar-refractivity contribution in [3.63, 3.8) is 0 Å². The molecular formula is C23H23F3N4O2S. The van der Waals surface area contributed by atoms with Gasteiger partial charge in [0.15, 0.2) is 0 Å². The third-order valence-electron chi connectivity index (χ3n) is 6.08. The quantitative estimate of drug-likeness (QED) is 0.546. The Morgan fingerprint density at radius 2 is 1.76 bits per heavy atom. The average molecular weight is 477 g/mol. The summed E-state index contributed by atoms with van der Waals surface area (Å²) in [5, 5.41) is 10.6. The molecule has 1 fully saturated rings. The largest absolute Gasteiger partial charge is 0.407 e. The number of fused-ring (bicyclic) bond motifs is 1. The second kappa shape index (κ2) is 7.85. The second-order valence-corrected chi connectivity index (χ2v) is 10.5. The van der Waals surface area contributed by atoms with Crippen molar-refractivity contribution in [3.8, 4) is 17.3 Å². The van der Waals surface area contributed by atoms with Crippen molar-refractivity contribution in [2.24, 2.45) is 0 Å². The average Bonchev–Trinajstić information content (AvgIpc) is 2.98. The number of halogens is 3. The van der Waals surface area contributed by atoms with Gasteiger partial charge in [-0.1, -0.05) is 12.1 Å². The fourth-order valence-electron chi connectivity index (χ4n) is 3.92. The van der Waals surface area contributed by atoms with E-state index in [0.29, 0.717) is 22.5 Å². The van der Waals surface area contributed by atoms with E-state index in [9.17, 15) is 26.9 Å². The van der Waals surface area contributed by atoms with E-state index >= 15 is 0 Å². The van der Waals surface area contributed by atoms with Gasteiger partial charge in [-0.3, -0.25) is 0 Å². The molecular weight excluding hydrogens is 453 g/mol. The lowest BCUT2D eigenvalue weighted by molar-refractivity contribution is -0.180. The summed E-state index contributed by atoms with van der Waals surface area (Å²) >= 11 is 0. The molecule has 0 bridgehead atoms. The lowest BCUT2D eigenvalue weighted by Gasteiger charge is -2.30. The molecule has 33 heavy (non-hydrogen) atoms. The lowest BCUT2D eigenvalue weighted by atomic mass is 9.92. The van der Waals surface area contributed by atoms with Crippen molar-refractivity contribution in [3.05, 3.63) is 47.7 Å². The number of pyridine rings is 1. The van der Waals surface area contributed by atoms with E-state index in [0.717, 1.165) is 44.2 Å². The van der Waals surface area contributed by atoms with Crippen LogP contribution in [-0.2, 0) is 10.0 Å². The van der Waals surface area contributed by atoms with Crippen LogP contribution in [0, 0.1) is 18.3 Å². The molecule has 1 N–H and O–H groups in total. The molecule has 0 spiro atoms. The lowest BCUT2D eigenvalue weighted by Crippen LogP contribution is -2.54. The second-order valence-electron chi connectivity index (χ2n) is 8.87. The number of aromatic nitrogens is 2. The molecule has 6 nitrogen and oxygen atoms in total. The van der Waals surface area contributed by atoms with Gasteiger partial charge in [-0.2, -0.15) is 23.2 Å². The van der Waals surface area contributed by atoms with Gasteiger partial charge in [-0.15, -0.1) is 0 Å². The monoisotopic (exact) mass is 476 g/mol. The van der Waals surface area contributed by atoms with E-state index in [1.165, 1.54) is 24.3 Å². The highest BCUT2D eigenvalue weighted by atomic mass is 32.2. The molecule has 0 unspecified atom stereocenters. The van der Waals surface area contributed by atoms with E-state index in [1.54, 1.807) is 4.72 Å². The Kier molecular flexibility index (Phi) is 5.53. The number of rotatable bonds is 5. The number of sulfonamides is 1. The molecule has 2 heterocycles. The smallest absolute Gasteiger partial charge is 0.321 e. The van der Waals surface area contributed by atoms with Crippen molar-refractivity contribution in [1.29, 1.82) is 5.26 Å². The third kappa shape index (κ3) is 4.00. The first-order valence-corrected chi connectivity index (χ1v) is 12.0. The van der Waals surface area contributed by atoms with Crippen LogP contribution in [0.5, 0.6) is 0 Å². The molecule has 0 saturated heterocycles. The SMILES string of the molecule is Cc1ccc2c(C#N)c(-c3ccc(S(=O)(=O)NC(C)(C)C(F)(F)F)cc3)n(C3CCC3)c2n1. The van der Waals surface area contributed by atoms with E-state index in [1.807, 2.05) is 23.6 Å². The molecule has 10 heteroatoms. The summed E-state index contributed by atoms with van der Waals surface area (Å²) in [6.45, 7) is 3.41. The Bertz CT molecular complexity index is 1360. The van der Waals surface area contributed by atoms with Crippen LogP contribution in [0.2, 0.25) is 0 Å². The van der Waals surface area contributed by atoms with E-state index < -0.39 is 21.7 Å². The van der Waals surface area contributed by atoms with E-state index in [2.05, 4.69) is 11.1 Å². The number of aryl methyl sites for hydroxylation is 1. The van der Waals surface area contributed by atoms with Crippen LogP contribution >= 0.6 is 0 Å². The fourth-order valence-corrected chi connectivity index (χ4v) is 5.32. The van der Waals surface area contributed by atoms with Crippen LogP contribution in [-0.4, -0.2) is 29.7 Å². The minimum absolute atomic E-state index is 0.177. The van der Waals surface area contributed by atoms with Crippen molar-refractivity contribution >= 4 is 21.1 Å². The molecule has 0 aliphatic heterocycles. The zero-order chi connectivity index (χ0) is 24.2. The van der Waals surface area contributed by atoms with Gasteiger partial charge >= 0.3 is 6.18 Å². The third-order valence-corrected chi connectivity index (χ3v) is 7.75. The van der Waals surface area contributed by atoms with Gasteiger partial charge in [0.2, 0.25) is 10.0 Å². The van der Waals surface area contributed by atoms with Crippen molar-refractivity contribution in [2.45, 2.75) is 62.7 Å². The van der Waals surface area contributed by atoms with Crippen LogP contribution in [0.25, 0.3) is 22.3 Å². The number of benzene rings is 1. The number of hydrogen-bond acceptors (Lipinski definition) is 4. The standard InChI is InChI=1S/C23H23F3N4O2S/c1-14-7-12-18-19(13-27)20(30(21(18)28-14)16-5-4-6-16)15-8-10-17(11-9-15)33(31,32)29-22(2,3)23(24,25)26/h7-12,16,29H,4-6H2,1-3H3. The topological polar surface area (TPSA) is 87.8 Å². The van der Waals surface area contributed by atoms with Crippen molar-refractivity contribution in [2.75, 3.05) is 0 Å². The van der Waals surface area contributed by atoms with Crippen LogP contribution in [0.15, 0.2) is 41.3 Å². The van der Waals surface area contributed by atoms with Crippen LogP contribution in [0.1, 0.15) is 50.4 Å². The Hall–Kier alpha value is -2.90. The summed E-state index contributed by atoms with van der Waals surface area (Å²) in [5.74, 6) is 0. The first kappa shape index (κ1) is 23.3. The zero-order valence-corrected chi connectivity index (χ0v) is 19.2. The highest BCUT2D eigenvalue weighted by molar-refractivity contribution is 7.89. The molecule has 174 valence electrons. The normalized spacial score (nSPS) is 15.4. The maximum atomic E-state index is 13.2. The van der Waals surface area contributed by atoms with Crippen molar-refractivity contribution in [1.82, 2.24) is 14.3 Å². The summed E-state index contributed by atoms with van der Waals surface area (Å²) in [6, 6.07) is 11.7. The number of hydrogen-bond donors (Lipinski definition) is 1. The van der Waals surface area contributed by atoms with Crippen LogP contribution in [0.3, 0.4) is 0 Å². The minimum Gasteiger partial charge on any atom is -0.321 e. The molecule has 0 amide bonds. The van der Waals surface area contributed by atoms with Gasteiger partial charge < -0.3 is 4.57 Å². The Morgan fingerprint density at radius 3 is 2.27 bits per heavy atom. The summed E-state index contributed by atoms with van der Waals surface area (Å²) in [7, 11) is -4.42. The summed E-state index contributed by atoms with van der Waals surface area (Å²) in [5.41, 5.74) is 0.578. The van der Waals surface area contributed by atoms with Gasteiger partial charge in [0.25, 0.3) is 0 Å². The summed E-state index contributed by atoms with van der Waals surface area (Å²) < 4.78 is 68.5. The van der Waals surface area contributed by atoms with Gasteiger partial charge in [-0.25, -0.2) is 13.4 Å². The number of nitriles is 1. The fraction of sp³-hybridized carbons (Fsp3) is 0.391. The van der Waals surface area contributed by atoms with Crippen LogP contribution in [0.4, 0.5) is 13.2 Å². The first-order chi connectivity index (χ1) is 15.4. The van der Waals surface area contributed by atoms with E-state index in [4.69, 9.17) is 0 Å². The van der Waals surface area contributed by atoms with Gasteiger partial charge in [-0.05, 0) is 69.9 Å². The zero-order valence-electron chi connectivity index (χ0n) is 18.4. The molecule has 4 rings (SSSR count). The molecule has 3 aromatic rings. The summed E-state index contributed by atoms with van der Waals surface area (Å²) in [4.78, 5) is 4.36. The van der Waals surface area contributed by atoms with Gasteiger partial charge in [0, 0.05) is 17.1 Å². The Labute approximate surface area is 190 Å².